The van der Waals surface area contributed by atoms with Crippen LogP contribution in [0, 0.1) is 12.7 Å². The maximum absolute atomic E-state index is 15.1. The molecule has 10 rings (SSSR count). The first-order chi connectivity index (χ1) is 42.3. The van der Waals surface area contributed by atoms with Gasteiger partial charge in [0.25, 0.3) is 0 Å². The summed E-state index contributed by atoms with van der Waals surface area (Å²) in [4.78, 5) is 25.1. The minimum Gasteiger partial charge on any atom is -0.494 e. The Morgan fingerprint density at radius 3 is 1.31 bits per heavy atom. The molecule has 0 aliphatic carbocycles. The van der Waals surface area contributed by atoms with Gasteiger partial charge < -0.3 is 42.6 Å². The zero-order valence-corrected chi connectivity index (χ0v) is 50.8. The molecule has 4 unspecified atom stereocenters. The van der Waals surface area contributed by atoms with Gasteiger partial charge in [-0.05, 0) is 158 Å². The molecule has 460 valence electrons. The van der Waals surface area contributed by atoms with Crippen LogP contribution in [0.15, 0.2) is 133 Å². The lowest BCUT2D eigenvalue weighted by Crippen LogP contribution is -2.11. The van der Waals surface area contributed by atoms with Crippen LogP contribution in [-0.4, -0.2) is 82.6 Å². The highest BCUT2D eigenvalue weighted by molar-refractivity contribution is 5.91. The minimum absolute atomic E-state index is 0.225. The summed E-state index contributed by atoms with van der Waals surface area (Å²) in [5, 5.41) is 0. The molecule has 86 heavy (non-hydrogen) atoms. The van der Waals surface area contributed by atoms with Gasteiger partial charge in [-0.25, -0.2) is 9.18 Å². The molecule has 0 radical (unpaired) electrons. The van der Waals surface area contributed by atoms with Crippen molar-refractivity contribution in [2.45, 2.75) is 185 Å². The lowest BCUT2D eigenvalue weighted by molar-refractivity contribution is -0.134. The van der Waals surface area contributed by atoms with Crippen molar-refractivity contribution in [2.75, 3.05) is 46.2 Å². The van der Waals surface area contributed by atoms with E-state index >= 15 is 4.39 Å². The second kappa shape index (κ2) is 35.3. The number of carbonyl (C=O) groups excluding carboxylic acids is 2. The first-order valence-electron chi connectivity index (χ1n) is 32.3. The monoisotopic (exact) mass is 1170 g/mol. The first-order valence-corrected chi connectivity index (χ1v) is 32.3. The smallest absolute Gasteiger partial charge is 0.343 e. The van der Waals surface area contributed by atoms with Crippen molar-refractivity contribution in [3.05, 3.63) is 162 Å². The van der Waals surface area contributed by atoms with Gasteiger partial charge in [-0.15, -0.1) is 0 Å². The van der Waals surface area contributed by atoms with Gasteiger partial charge in [0.15, 0.2) is 0 Å². The second-order valence-corrected chi connectivity index (χ2v) is 23.7. The molecule has 4 saturated heterocycles. The van der Waals surface area contributed by atoms with Crippen molar-refractivity contribution in [1.29, 1.82) is 0 Å². The molecule has 6 aromatic rings. The highest BCUT2D eigenvalue weighted by atomic mass is 19.1. The molecule has 4 heterocycles. The maximum atomic E-state index is 15.1. The Morgan fingerprint density at radius 1 is 0.430 bits per heavy atom. The maximum Gasteiger partial charge on any atom is 0.343 e. The van der Waals surface area contributed by atoms with Crippen LogP contribution in [0.4, 0.5) is 4.39 Å². The largest absolute Gasteiger partial charge is 0.494 e. The fourth-order valence-corrected chi connectivity index (χ4v) is 10.6. The van der Waals surface area contributed by atoms with Gasteiger partial charge in [-0.2, -0.15) is 0 Å². The number of unbranched alkanes of at least 4 members (excludes halogenated alkanes) is 15. The van der Waals surface area contributed by atoms with E-state index < -0.39 is 5.97 Å². The molecule has 0 saturated carbocycles. The van der Waals surface area contributed by atoms with Crippen molar-refractivity contribution in [3.63, 3.8) is 0 Å². The number of hydrogen-bond donors (Lipinski definition) is 0. The number of rotatable bonds is 40. The van der Waals surface area contributed by atoms with E-state index in [-0.39, 0.29) is 18.2 Å². The summed E-state index contributed by atoms with van der Waals surface area (Å²) in [6.45, 7) is 7.70. The number of benzene rings is 6. The Kier molecular flexibility index (Phi) is 26.2. The van der Waals surface area contributed by atoms with Crippen LogP contribution in [0.3, 0.4) is 0 Å². The van der Waals surface area contributed by atoms with Crippen LogP contribution in [0.5, 0.6) is 28.7 Å². The molecule has 12 heteroatoms. The van der Waals surface area contributed by atoms with Crippen molar-refractivity contribution in [2.24, 2.45) is 0 Å². The fourth-order valence-electron chi connectivity index (χ4n) is 10.6. The summed E-state index contributed by atoms with van der Waals surface area (Å²) in [6, 6.07) is 41.5. The lowest BCUT2D eigenvalue weighted by atomic mass is 9.99. The molecule has 0 N–H and O–H groups in total. The van der Waals surface area contributed by atoms with Gasteiger partial charge in [0.05, 0.1) is 76.2 Å². The molecule has 11 nitrogen and oxygen atoms in total. The van der Waals surface area contributed by atoms with Gasteiger partial charge in [-0.1, -0.05) is 157 Å². The third-order valence-corrected chi connectivity index (χ3v) is 16.3. The quantitative estimate of drug-likeness (QED) is 0.0158. The SMILES string of the molecule is Cc1cc(OC(=O)c2ccc(OCCCCCCCCC3CO3)cc2)ccc1OC(=O)CCc1ccc(CC2CO2)cc1.Fc1cc(-c2ccc(OCCCCCCCCC3CO3)cc2)ccc1-c1ccc(OCCCCCCCCC2CO2)cc1. The van der Waals surface area contributed by atoms with Crippen molar-refractivity contribution in [3.8, 4) is 51.0 Å². The second-order valence-electron chi connectivity index (χ2n) is 23.7. The van der Waals surface area contributed by atoms with Crippen LogP contribution >= 0.6 is 0 Å². The van der Waals surface area contributed by atoms with Gasteiger partial charge in [0, 0.05) is 18.4 Å². The van der Waals surface area contributed by atoms with Gasteiger partial charge in [0.2, 0.25) is 0 Å². The Hall–Kier alpha value is -6.57. The van der Waals surface area contributed by atoms with Gasteiger partial charge >= 0.3 is 11.9 Å². The normalized spacial score (nSPS) is 17.0. The van der Waals surface area contributed by atoms with Crippen molar-refractivity contribution >= 4 is 11.9 Å². The molecule has 4 aliphatic heterocycles. The van der Waals surface area contributed by atoms with E-state index in [1.165, 1.54) is 115 Å². The van der Waals surface area contributed by atoms with Crippen LogP contribution in [0.25, 0.3) is 22.3 Å². The van der Waals surface area contributed by atoms with E-state index in [2.05, 4.69) is 24.3 Å². The average Bonchev–Trinajstić information content (AvgIpc) is 4.08. The Bertz CT molecular complexity index is 2930. The summed E-state index contributed by atoms with van der Waals surface area (Å²) in [6.07, 6.45) is 29.6. The molecular formula is C74H91FO11. The van der Waals surface area contributed by atoms with Crippen LogP contribution < -0.4 is 23.7 Å². The Balaban J connectivity index is 0.000000205. The third-order valence-electron chi connectivity index (χ3n) is 16.3. The summed E-state index contributed by atoms with van der Waals surface area (Å²) in [5.74, 6) is 2.29. The lowest BCUT2D eigenvalue weighted by Gasteiger charge is -2.11. The van der Waals surface area contributed by atoms with E-state index in [0.717, 1.165) is 111 Å². The molecular weight excluding hydrogens is 1080 g/mol. The van der Waals surface area contributed by atoms with Gasteiger partial charge in [0.1, 0.15) is 34.6 Å². The van der Waals surface area contributed by atoms with E-state index in [1.807, 2.05) is 67.6 Å². The number of carbonyl (C=O) groups is 2. The zero-order valence-electron chi connectivity index (χ0n) is 50.8. The van der Waals surface area contributed by atoms with E-state index in [4.69, 9.17) is 42.6 Å². The molecule has 6 aromatic carbocycles. The molecule has 0 aromatic heterocycles. The summed E-state index contributed by atoms with van der Waals surface area (Å²) < 4.78 is 65.0. The highest BCUT2D eigenvalue weighted by Crippen LogP contribution is 2.32. The predicted molar refractivity (Wildman–Crippen MR) is 336 cm³/mol. The van der Waals surface area contributed by atoms with Crippen LogP contribution in [-0.2, 0) is 36.6 Å². The van der Waals surface area contributed by atoms with E-state index in [0.29, 0.717) is 65.6 Å². The predicted octanol–water partition coefficient (Wildman–Crippen LogP) is 17.4. The van der Waals surface area contributed by atoms with Crippen LogP contribution in [0.2, 0.25) is 0 Å². The average molecular weight is 1180 g/mol. The molecule has 0 bridgehead atoms. The van der Waals surface area contributed by atoms with Crippen LogP contribution in [0.1, 0.15) is 168 Å². The summed E-state index contributed by atoms with van der Waals surface area (Å²) >= 11 is 0. The number of epoxide rings is 4. The van der Waals surface area contributed by atoms with E-state index in [9.17, 15) is 9.59 Å². The fraction of sp³-hybridized carbons (Fsp3) is 0.486. The molecule has 0 amide bonds. The number of aryl methyl sites for hydroxylation is 2. The molecule has 4 fully saturated rings. The number of halogens is 1. The van der Waals surface area contributed by atoms with Gasteiger partial charge in [-0.3, -0.25) is 4.79 Å². The molecule has 4 atom stereocenters. The number of ether oxygens (including phenoxy) is 9. The summed E-state index contributed by atoms with van der Waals surface area (Å²) in [7, 11) is 0. The highest BCUT2D eigenvalue weighted by Gasteiger charge is 2.24. The summed E-state index contributed by atoms with van der Waals surface area (Å²) in [5.41, 5.74) is 6.77. The van der Waals surface area contributed by atoms with Crippen molar-refractivity contribution in [1.82, 2.24) is 0 Å². The molecule has 0 spiro atoms. The number of esters is 2. The van der Waals surface area contributed by atoms with E-state index in [1.54, 1.807) is 48.5 Å². The zero-order chi connectivity index (χ0) is 59.4. The first kappa shape index (κ1) is 63.9. The Labute approximate surface area is 510 Å². The standard InChI is InChI=1S/C38H49FO4.C36H42O7/c39-38-27-32(30-15-20-33(21-16-30)40-25-11-7-3-1-5-9-13-35-28-42-35)19-24-37(38)31-17-22-34(23-18-31)41-26-12-8-4-2-6-10-14-36-29-43-36;1-26-22-31(18-19-34(26)43-35(37)20-13-27-9-11-28(12-10-27)23-33-25-41-33)42-36(38)29-14-16-30(17-15-29)39-21-7-5-3-2-4-6-8-32-24-40-32/h15-24,27,35-36H,1-14,25-26,28-29H2;9-12,14-19,22,32-33H,2-8,13,20-21,23-25H2,1H3. The topological polar surface area (TPSA) is 130 Å². The van der Waals surface area contributed by atoms with Crippen molar-refractivity contribution < 1.29 is 56.6 Å². The Morgan fingerprint density at radius 2 is 0.849 bits per heavy atom. The molecule has 4 aliphatic rings. The third kappa shape index (κ3) is 24.3. The minimum atomic E-state index is -0.459. The number of hydrogen-bond acceptors (Lipinski definition) is 11.